The van der Waals surface area contributed by atoms with Crippen molar-refractivity contribution in [3.8, 4) is 6.01 Å². The molecule has 2 rings (SSSR count). The topological polar surface area (TPSA) is 87.3 Å². The van der Waals surface area contributed by atoms with E-state index < -0.39 is 5.97 Å². The van der Waals surface area contributed by atoms with Gasteiger partial charge in [0, 0.05) is 12.2 Å². The van der Waals surface area contributed by atoms with Crippen LogP contribution < -0.4 is 10.5 Å². The lowest BCUT2D eigenvalue weighted by molar-refractivity contribution is 0.0523. The first-order valence-electron chi connectivity index (χ1n) is 6.03. The summed E-state index contributed by atoms with van der Waals surface area (Å²) in [4.78, 5) is 19.7. The van der Waals surface area contributed by atoms with Crippen LogP contribution in [-0.2, 0) is 4.74 Å². The van der Waals surface area contributed by atoms with Crippen molar-refractivity contribution in [2.45, 2.75) is 38.8 Å². The second-order valence-corrected chi connectivity index (χ2v) is 4.34. The molecule has 0 aromatic carbocycles. The first-order valence-corrected chi connectivity index (χ1v) is 6.03. The van der Waals surface area contributed by atoms with Gasteiger partial charge < -0.3 is 15.2 Å². The molecule has 0 aliphatic heterocycles. The van der Waals surface area contributed by atoms with E-state index in [1.54, 1.807) is 13.8 Å². The largest absolute Gasteiger partial charge is 0.462 e. The van der Waals surface area contributed by atoms with Gasteiger partial charge in [-0.05, 0) is 26.7 Å². The summed E-state index contributed by atoms with van der Waals surface area (Å²) < 4.78 is 10.4. The highest BCUT2D eigenvalue weighted by atomic mass is 16.5. The van der Waals surface area contributed by atoms with E-state index in [0.29, 0.717) is 17.9 Å². The molecule has 0 unspecified atom stereocenters. The lowest BCUT2D eigenvalue weighted by atomic mass is 9.90. The molecular formula is C12H17N3O3. The Morgan fingerprint density at radius 3 is 2.83 bits per heavy atom. The molecule has 98 valence electrons. The van der Waals surface area contributed by atoms with Crippen LogP contribution in [-0.4, -0.2) is 34.7 Å². The molecule has 0 atom stereocenters. The minimum atomic E-state index is -0.410. The second-order valence-electron chi connectivity index (χ2n) is 4.34. The summed E-state index contributed by atoms with van der Waals surface area (Å²) in [5.41, 5.74) is 6.59. The summed E-state index contributed by atoms with van der Waals surface area (Å²) in [7, 11) is 0. The molecule has 1 aliphatic rings. The van der Waals surface area contributed by atoms with Crippen LogP contribution >= 0.6 is 0 Å². The van der Waals surface area contributed by atoms with Crippen molar-refractivity contribution in [3.63, 3.8) is 0 Å². The highest BCUT2D eigenvalue weighted by molar-refractivity contribution is 5.90. The fraction of sp³-hybridized carbons (Fsp3) is 0.583. The van der Waals surface area contributed by atoms with Gasteiger partial charge in [-0.15, -0.1) is 0 Å². The fourth-order valence-corrected chi connectivity index (χ4v) is 1.76. The summed E-state index contributed by atoms with van der Waals surface area (Å²) in [5.74, 6) is -0.410. The molecule has 1 heterocycles. The number of hydrogen-bond donors (Lipinski definition) is 1. The maximum atomic E-state index is 11.5. The number of rotatable bonds is 4. The molecular weight excluding hydrogens is 234 g/mol. The average Bonchev–Trinajstić information content (AvgIpc) is 2.27. The first kappa shape index (κ1) is 12.8. The van der Waals surface area contributed by atoms with Crippen LogP contribution in [0.25, 0.3) is 0 Å². The van der Waals surface area contributed by atoms with Gasteiger partial charge in [-0.1, -0.05) is 0 Å². The Hall–Kier alpha value is -1.69. The van der Waals surface area contributed by atoms with E-state index in [-0.39, 0.29) is 18.2 Å². The van der Waals surface area contributed by atoms with Gasteiger partial charge in [-0.3, -0.25) is 0 Å². The molecule has 1 fully saturated rings. The number of carbonyl (C=O) groups is 1. The quantitative estimate of drug-likeness (QED) is 0.797. The molecule has 6 nitrogen and oxygen atoms in total. The van der Waals surface area contributed by atoms with Crippen LogP contribution in [0.5, 0.6) is 6.01 Å². The molecule has 2 N–H and O–H groups in total. The highest BCUT2D eigenvalue weighted by Gasteiger charge is 2.28. The van der Waals surface area contributed by atoms with Crippen molar-refractivity contribution in [3.05, 3.63) is 17.5 Å². The summed E-state index contributed by atoms with van der Waals surface area (Å²) in [6.07, 6.45) is 3.17. The summed E-state index contributed by atoms with van der Waals surface area (Å²) in [6, 6.07) is 0.507. The van der Waals surface area contributed by atoms with E-state index in [0.717, 1.165) is 12.8 Å². The summed E-state index contributed by atoms with van der Waals surface area (Å²) in [6.45, 7) is 3.81. The smallest absolute Gasteiger partial charge is 0.341 e. The number of ether oxygens (including phenoxy) is 2. The van der Waals surface area contributed by atoms with E-state index in [9.17, 15) is 4.79 Å². The first-order chi connectivity index (χ1) is 8.60. The van der Waals surface area contributed by atoms with Crippen molar-refractivity contribution < 1.29 is 14.3 Å². The molecule has 6 heteroatoms. The number of aromatic nitrogens is 2. The number of nitrogens with two attached hydrogens (primary N) is 1. The van der Waals surface area contributed by atoms with Crippen LogP contribution in [0.3, 0.4) is 0 Å². The summed E-state index contributed by atoms with van der Waals surface area (Å²) >= 11 is 0. The Kier molecular flexibility index (Phi) is 3.76. The molecule has 1 aromatic heterocycles. The summed E-state index contributed by atoms with van der Waals surface area (Å²) in [5, 5.41) is 0. The van der Waals surface area contributed by atoms with Gasteiger partial charge in [0.2, 0.25) is 0 Å². The third kappa shape index (κ3) is 2.76. The van der Waals surface area contributed by atoms with Crippen LogP contribution in [0.4, 0.5) is 0 Å². The third-order valence-corrected chi connectivity index (χ3v) is 2.86. The minimum absolute atomic E-state index is 0.0906. The van der Waals surface area contributed by atoms with E-state index in [1.807, 2.05) is 0 Å². The molecule has 1 aromatic rings. The normalized spacial score (nSPS) is 22.2. The number of nitrogens with zero attached hydrogens (tertiary/aromatic N) is 2. The van der Waals surface area contributed by atoms with E-state index in [2.05, 4.69) is 9.97 Å². The van der Waals surface area contributed by atoms with E-state index >= 15 is 0 Å². The number of aryl methyl sites for hydroxylation is 1. The lowest BCUT2D eigenvalue weighted by Crippen LogP contribution is -2.43. The maximum absolute atomic E-state index is 11.5. The van der Waals surface area contributed by atoms with Gasteiger partial charge >= 0.3 is 12.0 Å². The zero-order chi connectivity index (χ0) is 13.1. The Morgan fingerprint density at radius 2 is 2.28 bits per heavy atom. The van der Waals surface area contributed by atoms with Crippen LogP contribution in [0, 0.1) is 6.92 Å². The minimum Gasteiger partial charge on any atom is -0.462 e. The Balaban J connectivity index is 2.02. The lowest BCUT2D eigenvalue weighted by Gasteiger charge is -2.31. The van der Waals surface area contributed by atoms with Crippen molar-refractivity contribution in [1.82, 2.24) is 9.97 Å². The van der Waals surface area contributed by atoms with Gasteiger partial charge in [-0.25, -0.2) is 9.78 Å². The number of carbonyl (C=O) groups excluding carboxylic acids is 1. The number of hydrogen-bond acceptors (Lipinski definition) is 6. The predicted octanol–water partition coefficient (Wildman–Crippen LogP) is 0.830. The van der Waals surface area contributed by atoms with Gasteiger partial charge in [0.15, 0.2) is 0 Å². The standard InChI is InChI=1S/C12H17N3O3/c1-3-17-11(16)10-6-14-12(15-7(10)2)18-9-4-8(13)5-9/h6,8-9H,3-5,13H2,1-2H3. The Labute approximate surface area is 106 Å². The van der Waals surface area contributed by atoms with E-state index in [4.69, 9.17) is 15.2 Å². The van der Waals surface area contributed by atoms with Crippen molar-refractivity contribution in [2.24, 2.45) is 5.73 Å². The molecule has 18 heavy (non-hydrogen) atoms. The highest BCUT2D eigenvalue weighted by Crippen LogP contribution is 2.22. The molecule has 1 aliphatic carbocycles. The van der Waals surface area contributed by atoms with Crippen molar-refractivity contribution in [1.29, 1.82) is 0 Å². The van der Waals surface area contributed by atoms with Gasteiger partial charge in [-0.2, -0.15) is 4.98 Å². The molecule has 0 amide bonds. The van der Waals surface area contributed by atoms with Crippen LogP contribution in [0.2, 0.25) is 0 Å². The molecule has 0 spiro atoms. The number of esters is 1. The van der Waals surface area contributed by atoms with Crippen LogP contribution in [0.1, 0.15) is 35.8 Å². The predicted molar refractivity (Wildman–Crippen MR) is 64.4 cm³/mol. The molecule has 0 bridgehead atoms. The molecule has 0 saturated heterocycles. The Morgan fingerprint density at radius 1 is 1.56 bits per heavy atom. The van der Waals surface area contributed by atoms with Gasteiger partial charge in [0.05, 0.1) is 17.9 Å². The van der Waals surface area contributed by atoms with E-state index in [1.165, 1.54) is 6.20 Å². The van der Waals surface area contributed by atoms with Gasteiger partial charge in [0.1, 0.15) is 6.10 Å². The zero-order valence-electron chi connectivity index (χ0n) is 10.5. The average molecular weight is 251 g/mol. The molecule has 0 radical (unpaired) electrons. The monoisotopic (exact) mass is 251 g/mol. The molecule has 1 saturated carbocycles. The fourth-order valence-electron chi connectivity index (χ4n) is 1.76. The van der Waals surface area contributed by atoms with Crippen LogP contribution in [0.15, 0.2) is 6.20 Å². The maximum Gasteiger partial charge on any atom is 0.341 e. The second kappa shape index (κ2) is 5.30. The van der Waals surface area contributed by atoms with Gasteiger partial charge in [0.25, 0.3) is 0 Å². The van der Waals surface area contributed by atoms with Crippen molar-refractivity contribution >= 4 is 5.97 Å². The van der Waals surface area contributed by atoms with Crippen molar-refractivity contribution in [2.75, 3.05) is 6.61 Å². The Bertz CT molecular complexity index is 444. The third-order valence-electron chi connectivity index (χ3n) is 2.86. The zero-order valence-corrected chi connectivity index (χ0v) is 10.5. The SMILES string of the molecule is CCOC(=O)c1cnc(OC2CC(N)C2)nc1C.